The molecule has 0 atom stereocenters. The van der Waals surface area contributed by atoms with Crippen molar-refractivity contribution in [3.05, 3.63) is 35.4 Å². The van der Waals surface area contributed by atoms with Gasteiger partial charge in [-0.2, -0.15) is 0 Å². The van der Waals surface area contributed by atoms with E-state index in [-0.39, 0.29) is 0 Å². The maximum Gasteiger partial charge on any atom is 0.131 e. The summed E-state index contributed by atoms with van der Waals surface area (Å²) in [4.78, 5) is 6.76. The molecule has 0 fully saturated rings. The van der Waals surface area contributed by atoms with Crippen molar-refractivity contribution >= 4 is 5.84 Å². The lowest BCUT2D eigenvalue weighted by molar-refractivity contribution is 0.556. The van der Waals surface area contributed by atoms with E-state index in [1.165, 1.54) is 11.1 Å². The summed E-state index contributed by atoms with van der Waals surface area (Å²) in [5, 5.41) is 3.19. The number of aliphatic imine (C=N–C) groups is 1. The van der Waals surface area contributed by atoms with Crippen LogP contribution in [-0.4, -0.2) is 37.9 Å². The fraction of sp³-hybridized carbons (Fsp3) is 0.417. The third-order valence-electron chi connectivity index (χ3n) is 2.68. The largest absolute Gasteiger partial charge is 0.358 e. The Morgan fingerprint density at radius 1 is 1.40 bits per heavy atom. The molecule has 0 bridgehead atoms. The standard InChI is InChI=1S/C12H17N3/c1-13-9-10-5-3-4-6-11(10)12-14-7-8-15(12)2/h3-6,13H,7-9H2,1-2H3. The van der Waals surface area contributed by atoms with Crippen LogP contribution in [0.1, 0.15) is 11.1 Å². The summed E-state index contributed by atoms with van der Waals surface area (Å²) in [6.07, 6.45) is 0. The number of likely N-dealkylation sites (N-methyl/N-ethyl adjacent to an activating group) is 1. The minimum absolute atomic E-state index is 0.892. The summed E-state index contributed by atoms with van der Waals surface area (Å²) in [6.45, 7) is 2.84. The monoisotopic (exact) mass is 203 g/mol. The van der Waals surface area contributed by atoms with Crippen molar-refractivity contribution in [2.45, 2.75) is 6.54 Å². The zero-order valence-electron chi connectivity index (χ0n) is 9.33. The molecule has 2 rings (SSSR count). The first kappa shape index (κ1) is 10.2. The topological polar surface area (TPSA) is 27.6 Å². The normalized spacial score (nSPS) is 15.6. The first-order valence-electron chi connectivity index (χ1n) is 5.31. The molecule has 0 amide bonds. The van der Waals surface area contributed by atoms with Crippen LogP contribution in [0.15, 0.2) is 29.3 Å². The van der Waals surface area contributed by atoms with Gasteiger partial charge < -0.3 is 10.2 Å². The molecule has 0 saturated carbocycles. The lowest BCUT2D eigenvalue weighted by Gasteiger charge is -2.16. The molecule has 0 spiro atoms. The van der Waals surface area contributed by atoms with E-state index >= 15 is 0 Å². The van der Waals surface area contributed by atoms with Crippen LogP contribution >= 0.6 is 0 Å². The van der Waals surface area contributed by atoms with Crippen LogP contribution in [0, 0.1) is 0 Å². The van der Waals surface area contributed by atoms with Gasteiger partial charge in [0.15, 0.2) is 0 Å². The number of nitrogens with one attached hydrogen (secondary N) is 1. The summed E-state index contributed by atoms with van der Waals surface area (Å²) in [7, 11) is 4.07. The molecule has 0 saturated heterocycles. The van der Waals surface area contributed by atoms with Gasteiger partial charge in [-0.15, -0.1) is 0 Å². The maximum atomic E-state index is 4.54. The molecule has 0 unspecified atom stereocenters. The van der Waals surface area contributed by atoms with Crippen molar-refractivity contribution in [3.63, 3.8) is 0 Å². The summed E-state index contributed by atoms with van der Waals surface area (Å²) in [5.41, 5.74) is 2.57. The minimum Gasteiger partial charge on any atom is -0.358 e. The quantitative estimate of drug-likeness (QED) is 0.796. The Morgan fingerprint density at radius 2 is 2.20 bits per heavy atom. The van der Waals surface area contributed by atoms with Crippen LogP contribution in [-0.2, 0) is 6.54 Å². The van der Waals surface area contributed by atoms with Gasteiger partial charge >= 0.3 is 0 Å². The van der Waals surface area contributed by atoms with E-state index in [1.807, 2.05) is 7.05 Å². The average Bonchev–Trinajstić information content (AvgIpc) is 2.66. The van der Waals surface area contributed by atoms with Crippen LogP contribution in [0.2, 0.25) is 0 Å². The Hall–Kier alpha value is -1.35. The highest BCUT2D eigenvalue weighted by Crippen LogP contribution is 2.14. The SMILES string of the molecule is CNCc1ccccc1C1=NCCN1C. The second kappa shape index (κ2) is 4.45. The summed E-state index contributed by atoms with van der Waals surface area (Å²) in [5.74, 6) is 1.13. The smallest absolute Gasteiger partial charge is 0.131 e. The molecule has 1 heterocycles. The molecular weight excluding hydrogens is 186 g/mol. The van der Waals surface area contributed by atoms with Gasteiger partial charge in [-0.05, 0) is 12.6 Å². The highest BCUT2D eigenvalue weighted by molar-refractivity contribution is 6.00. The van der Waals surface area contributed by atoms with Gasteiger partial charge in [-0.25, -0.2) is 0 Å². The zero-order chi connectivity index (χ0) is 10.7. The number of rotatable bonds is 3. The lowest BCUT2D eigenvalue weighted by atomic mass is 10.1. The van der Waals surface area contributed by atoms with Gasteiger partial charge in [-0.1, -0.05) is 24.3 Å². The molecule has 0 aliphatic carbocycles. The Morgan fingerprint density at radius 3 is 2.87 bits per heavy atom. The van der Waals surface area contributed by atoms with Gasteiger partial charge in [0.05, 0.1) is 6.54 Å². The Kier molecular flexibility index (Phi) is 3.02. The summed E-state index contributed by atoms with van der Waals surface area (Å²) < 4.78 is 0. The molecule has 1 aliphatic rings. The highest BCUT2D eigenvalue weighted by Gasteiger charge is 2.16. The van der Waals surface area contributed by atoms with Crippen molar-refractivity contribution in [3.8, 4) is 0 Å². The predicted octanol–water partition coefficient (Wildman–Crippen LogP) is 1.10. The first-order valence-corrected chi connectivity index (χ1v) is 5.31. The van der Waals surface area contributed by atoms with Gasteiger partial charge in [0, 0.05) is 25.7 Å². The number of hydrogen-bond donors (Lipinski definition) is 1. The van der Waals surface area contributed by atoms with E-state index in [1.54, 1.807) is 0 Å². The van der Waals surface area contributed by atoms with E-state index in [9.17, 15) is 0 Å². The average molecular weight is 203 g/mol. The lowest BCUT2D eigenvalue weighted by Crippen LogP contribution is -2.25. The molecule has 1 N–H and O–H groups in total. The van der Waals surface area contributed by atoms with E-state index in [0.717, 1.165) is 25.5 Å². The van der Waals surface area contributed by atoms with Crippen molar-refractivity contribution in [1.82, 2.24) is 10.2 Å². The molecule has 15 heavy (non-hydrogen) atoms. The Balaban J connectivity index is 2.34. The summed E-state index contributed by atoms with van der Waals surface area (Å²) >= 11 is 0. The zero-order valence-corrected chi connectivity index (χ0v) is 9.33. The van der Waals surface area contributed by atoms with Crippen molar-refractivity contribution in [2.24, 2.45) is 4.99 Å². The molecule has 1 aromatic rings. The molecule has 0 aromatic heterocycles. The van der Waals surface area contributed by atoms with E-state index in [4.69, 9.17) is 0 Å². The van der Waals surface area contributed by atoms with Gasteiger partial charge in [0.2, 0.25) is 0 Å². The Labute approximate surface area is 90.8 Å². The van der Waals surface area contributed by atoms with Crippen LogP contribution < -0.4 is 5.32 Å². The third-order valence-corrected chi connectivity index (χ3v) is 2.68. The van der Waals surface area contributed by atoms with Crippen molar-refractivity contribution in [1.29, 1.82) is 0 Å². The number of amidine groups is 1. The van der Waals surface area contributed by atoms with Crippen molar-refractivity contribution < 1.29 is 0 Å². The number of nitrogens with zero attached hydrogens (tertiary/aromatic N) is 2. The second-order valence-corrected chi connectivity index (χ2v) is 3.81. The van der Waals surface area contributed by atoms with E-state index < -0.39 is 0 Å². The predicted molar refractivity (Wildman–Crippen MR) is 63.2 cm³/mol. The second-order valence-electron chi connectivity index (χ2n) is 3.81. The fourth-order valence-corrected chi connectivity index (χ4v) is 1.91. The van der Waals surface area contributed by atoms with Gasteiger partial charge in [0.25, 0.3) is 0 Å². The molecule has 1 aromatic carbocycles. The summed E-state index contributed by atoms with van der Waals surface area (Å²) in [6, 6.07) is 8.45. The van der Waals surface area contributed by atoms with Crippen LogP contribution in [0.3, 0.4) is 0 Å². The fourth-order valence-electron chi connectivity index (χ4n) is 1.91. The molecule has 3 nitrogen and oxygen atoms in total. The highest BCUT2D eigenvalue weighted by atomic mass is 15.2. The molecule has 1 aliphatic heterocycles. The number of benzene rings is 1. The van der Waals surface area contributed by atoms with Gasteiger partial charge in [-0.3, -0.25) is 4.99 Å². The maximum absolute atomic E-state index is 4.54. The van der Waals surface area contributed by atoms with E-state index in [0.29, 0.717) is 0 Å². The molecular formula is C12H17N3. The molecule has 3 heteroatoms. The van der Waals surface area contributed by atoms with Crippen LogP contribution in [0.25, 0.3) is 0 Å². The molecule has 0 radical (unpaired) electrons. The van der Waals surface area contributed by atoms with Crippen LogP contribution in [0.4, 0.5) is 0 Å². The van der Waals surface area contributed by atoms with Crippen LogP contribution in [0.5, 0.6) is 0 Å². The first-order chi connectivity index (χ1) is 7.33. The van der Waals surface area contributed by atoms with Crippen molar-refractivity contribution in [2.75, 3.05) is 27.2 Å². The van der Waals surface area contributed by atoms with E-state index in [2.05, 4.69) is 46.5 Å². The molecule has 80 valence electrons. The van der Waals surface area contributed by atoms with Gasteiger partial charge in [0.1, 0.15) is 5.84 Å². The number of hydrogen-bond acceptors (Lipinski definition) is 3. The third kappa shape index (κ3) is 2.02. The minimum atomic E-state index is 0.892. The Bertz CT molecular complexity index is 371.